The van der Waals surface area contributed by atoms with Gasteiger partial charge in [0.2, 0.25) is 0 Å². The van der Waals surface area contributed by atoms with Crippen LogP contribution in [-0.4, -0.2) is 14.9 Å². The van der Waals surface area contributed by atoms with E-state index in [2.05, 4.69) is 5.10 Å². The van der Waals surface area contributed by atoms with Gasteiger partial charge in [-0.3, -0.25) is 0 Å². The van der Waals surface area contributed by atoms with Crippen LogP contribution in [0.25, 0.3) is 5.69 Å². The first-order chi connectivity index (χ1) is 7.22. The first-order valence-electron chi connectivity index (χ1n) is 4.63. The SMILES string of the molecule is Cc1cc(CO)nn1-c1ccccc1Cl. The second kappa shape index (κ2) is 4.04. The maximum Gasteiger partial charge on any atom is 0.0886 e. The van der Waals surface area contributed by atoms with Gasteiger partial charge in [0.05, 0.1) is 23.0 Å². The summed E-state index contributed by atoms with van der Waals surface area (Å²) in [6, 6.07) is 9.32. The highest BCUT2D eigenvalue weighted by Gasteiger charge is 2.07. The fraction of sp³-hybridized carbons (Fsp3) is 0.182. The molecule has 0 aliphatic heterocycles. The molecule has 3 nitrogen and oxygen atoms in total. The molecular weight excluding hydrogens is 212 g/mol. The summed E-state index contributed by atoms with van der Waals surface area (Å²) in [5, 5.41) is 13.9. The lowest BCUT2D eigenvalue weighted by Gasteiger charge is -2.05. The summed E-state index contributed by atoms with van der Waals surface area (Å²) in [6.07, 6.45) is 0. The van der Waals surface area contributed by atoms with Crippen LogP contribution in [0.2, 0.25) is 5.02 Å². The molecule has 2 aromatic rings. The maximum atomic E-state index is 8.98. The number of aryl methyl sites for hydroxylation is 1. The molecule has 1 heterocycles. The highest BCUT2D eigenvalue weighted by Crippen LogP contribution is 2.21. The van der Waals surface area contributed by atoms with Gasteiger partial charge in [-0.2, -0.15) is 5.10 Å². The van der Waals surface area contributed by atoms with E-state index in [9.17, 15) is 0 Å². The van der Waals surface area contributed by atoms with Crippen molar-refractivity contribution in [3.63, 3.8) is 0 Å². The summed E-state index contributed by atoms with van der Waals surface area (Å²) in [5.74, 6) is 0. The summed E-state index contributed by atoms with van der Waals surface area (Å²) in [6.45, 7) is 1.87. The number of halogens is 1. The zero-order valence-electron chi connectivity index (χ0n) is 8.31. The number of aromatic nitrogens is 2. The molecule has 2 rings (SSSR count). The van der Waals surface area contributed by atoms with Crippen LogP contribution in [0.4, 0.5) is 0 Å². The van der Waals surface area contributed by atoms with Crippen molar-refractivity contribution in [3.8, 4) is 5.69 Å². The predicted octanol–water partition coefficient (Wildman–Crippen LogP) is 2.33. The average molecular weight is 223 g/mol. The zero-order chi connectivity index (χ0) is 10.8. The lowest BCUT2D eigenvalue weighted by Crippen LogP contribution is -2.00. The molecule has 0 unspecified atom stereocenters. The highest BCUT2D eigenvalue weighted by molar-refractivity contribution is 6.32. The van der Waals surface area contributed by atoms with Crippen LogP contribution in [0.1, 0.15) is 11.4 Å². The van der Waals surface area contributed by atoms with Crippen LogP contribution >= 0.6 is 11.6 Å². The quantitative estimate of drug-likeness (QED) is 0.847. The number of nitrogens with zero attached hydrogens (tertiary/aromatic N) is 2. The fourth-order valence-electron chi connectivity index (χ4n) is 1.48. The van der Waals surface area contributed by atoms with Gasteiger partial charge >= 0.3 is 0 Å². The van der Waals surface area contributed by atoms with E-state index in [1.165, 1.54) is 0 Å². The molecule has 1 aromatic carbocycles. The Kier molecular flexibility index (Phi) is 2.75. The van der Waals surface area contributed by atoms with Crippen molar-refractivity contribution in [1.29, 1.82) is 0 Å². The van der Waals surface area contributed by atoms with Gasteiger partial charge in [0.1, 0.15) is 0 Å². The van der Waals surface area contributed by atoms with Gasteiger partial charge in [-0.05, 0) is 25.1 Å². The van der Waals surface area contributed by atoms with Crippen LogP contribution < -0.4 is 0 Å². The van der Waals surface area contributed by atoms with Crippen molar-refractivity contribution in [1.82, 2.24) is 9.78 Å². The Bertz CT molecular complexity index is 479. The number of benzene rings is 1. The molecule has 78 valence electrons. The number of para-hydroxylation sites is 1. The van der Waals surface area contributed by atoms with E-state index >= 15 is 0 Å². The van der Waals surface area contributed by atoms with Crippen molar-refractivity contribution >= 4 is 11.6 Å². The Morgan fingerprint density at radius 2 is 2.13 bits per heavy atom. The first-order valence-corrected chi connectivity index (χ1v) is 5.01. The largest absolute Gasteiger partial charge is 0.390 e. The number of aliphatic hydroxyl groups excluding tert-OH is 1. The molecule has 1 aromatic heterocycles. The van der Waals surface area contributed by atoms with E-state index in [4.69, 9.17) is 16.7 Å². The summed E-state index contributed by atoms with van der Waals surface area (Å²) in [5.41, 5.74) is 2.43. The molecule has 0 fully saturated rings. The number of aliphatic hydroxyl groups is 1. The topological polar surface area (TPSA) is 38.1 Å². The van der Waals surface area contributed by atoms with E-state index in [1.54, 1.807) is 4.68 Å². The molecule has 0 spiro atoms. The van der Waals surface area contributed by atoms with Gasteiger partial charge < -0.3 is 5.11 Å². The third kappa shape index (κ3) is 1.89. The Labute approximate surface area is 92.9 Å². The van der Waals surface area contributed by atoms with E-state index in [0.717, 1.165) is 11.4 Å². The van der Waals surface area contributed by atoms with Gasteiger partial charge in [-0.25, -0.2) is 4.68 Å². The third-order valence-corrected chi connectivity index (χ3v) is 2.50. The molecule has 15 heavy (non-hydrogen) atoms. The van der Waals surface area contributed by atoms with Crippen LogP contribution in [0.15, 0.2) is 30.3 Å². The normalized spacial score (nSPS) is 10.6. The monoisotopic (exact) mass is 222 g/mol. The Hall–Kier alpha value is -1.32. The van der Waals surface area contributed by atoms with E-state index in [0.29, 0.717) is 10.7 Å². The minimum Gasteiger partial charge on any atom is -0.390 e. The maximum absolute atomic E-state index is 8.98. The Morgan fingerprint density at radius 1 is 1.40 bits per heavy atom. The number of hydrogen-bond acceptors (Lipinski definition) is 2. The number of hydrogen-bond donors (Lipinski definition) is 1. The molecule has 0 radical (unpaired) electrons. The molecular formula is C11H11ClN2O. The third-order valence-electron chi connectivity index (χ3n) is 2.18. The van der Waals surface area contributed by atoms with Gasteiger partial charge in [-0.1, -0.05) is 23.7 Å². The molecule has 0 aliphatic rings. The second-order valence-corrected chi connectivity index (χ2v) is 3.71. The van der Waals surface area contributed by atoms with Gasteiger partial charge in [0, 0.05) is 5.69 Å². The smallest absolute Gasteiger partial charge is 0.0886 e. The van der Waals surface area contributed by atoms with Gasteiger partial charge in [-0.15, -0.1) is 0 Å². The Morgan fingerprint density at radius 3 is 2.73 bits per heavy atom. The molecule has 0 bridgehead atoms. The first kappa shape index (κ1) is 10.2. The summed E-state index contributed by atoms with van der Waals surface area (Å²) in [4.78, 5) is 0. The molecule has 0 amide bonds. The zero-order valence-corrected chi connectivity index (χ0v) is 9.07. The molecule has 0 saturated carbocycles. The molecule has 0 aliphatic carbocycles. The second-order valence-electron chi connectivity index (χ2n) is 3.30. The predicted molar refractivity (Wildman–Crippen MR) is 59.2 cm³/mol. The summed E-state index contributed by atoms with van der Waals surface area (Å²) in [7, 11) is 0. The van der Waals surface area contributed by atoms with Crippen LogP contribution in [0.5, 0.6) is 0 Å². The van der Waals surface area contributed by atoms with E-state index in [-0.39, 0.29) is 6.61 Å². The minimum atomic E-state index is -0.0572. The molecule has 1 N–H and O–H groups in total. The van der Waals surface area contributed by atoms with E-state index in [1.807, 2.05) is 37.3 Å². The van der Waals surface area contributed by atoms with E-state index < -0.39 is 0 Å². The van der Waals surface area contributed by atoms with Gasteiger partial charge in [0.15, 0.2) is 0 Å². The van der Waals surface area contributed by atoms with Crippen molar-refractivity contribution in [2.75, 3.05) is 0 Å². The molecule has 4 heteroatoms. The summed E-state index contributed by atoms with van der Waals surface area (Å²) >= 11 is 6.06. The minimum absolute atomic E-state index is 0.0572. The fourth-order valence-corrected chi connectivity index (χ4v) is 1.70. The number of rotatable bonds is 2. The van der Waals surface area contributed by atoms with Gasteiger partial charge in [0.25, 0.3) is 0 Å². The van der Waals surface area contributed by atoms with Crippen molar-refractivity contribution in [3.05, 3.63) is 46.7 Å². The van der Waals surface area contributed by atoms with Crippen molar-refractivity contribution in [2.45, 2.75) is 13.5 Å². The summed E-state index contributed by atoms with van der Waals surface area (Å²) < 4.78 is 1.73. The highest BCUT2D eigenvalue weighted by atomic mass is 35.5. The Balaban J connectivity index is 2.54. The molecule has 0 atom stereocenters. The lowest BCUT2D eigenvalue weighted by molar-refractivity contribution is 0.276. The average Bonchev–Trinajstić information content (AvgIpc) is 2.60. The standard InChI is InChI=1S/C11H11ClN2O/c1-8-6-9(7-15)13-14(8)11-5-3-2-4-10(11)12/h2-6,15H,7H2,1H3. The van der Waals surface area contributed by atoms with Crippen LogP contribution in [-0.2, 0) is 6.61 Å². The lowest BCUT2D eigenvalue weighted by atomic mass is 10.3. The van der Waals surface area contributed by atoms with Crippen molar-refractivity contribution in [2.24, 2.45) is 0 Å². The molecule has 0 saturated heterocycles. The van der Waals surface area contributed by atoms with Crippen LogP contribution in [0, 0.1) is 6.92 Å². The van der Waals surface area contributed by atoms with Crippen molar-refractivity contribution < 1.29 is 5.11 Å². The van der Waals surface area contributed by atoms with Crippen LogP contribution in [0.3, 0.4) is 0 Å².